The molecule has 4 heteroatoms. The lowest BCUT2D eigenvalue weighted by Gasteiger charge is -2.37. The highest BCUT2D eigenvalue weighted by Crippen LogP contribution is 2.57. The predicted molar refractivity (Wildman–Crippen MR) is 91.9 cm³/mol. The van der Waals surface area contributed by atoms with E-state index in [0.717, 1.165) is 21.6 Å². The number of carbonyl (C=O) groups is 1. The highest BCUT2D eigenvalue weighted by molar-refractivity contribution is 7.80. The minimum Gasteiger partial charge on any atom is -0.456 e. The van der Waals surface area contributed by atoms with Crippen molar-refractivity contribution >= 4 is 18.6 Å². The van der Waals surface area contributed by atoms with Gasteiger partial charge in [-0.05, 0) is 24.3 Å². The molecule has 3 aromatic rings. The van der Waals surface area contributed by atoms with Crippen molar-refractivity contribution in [3.8, 4) is 11.5 Å². The van der Waals surface area contributed by atoms with Crippen LogP contribution in [-0.2, 0) is 10.3 Å². The summed E-state index contributed by atoms with van der Waals surface area (Å²) >= 11 is 4.63. The number of esters is 1. The van der Waals surface area contributed by atoms with Crippen molar-refractivity contribution in [3.05, 3.63) is 89.0 Å². The molecule has 2 heterocycles. The Labute approximate surface area is 144 Å². The summed E-state index contributed by atoms with van der Waals surface area (Å²) in [4.78, 5) is 13.3. The average Bonchev–Trinajstić information content (AvgIpc) is 2.89. The fourth-order valence-electron chi connectivity index (χ4n) is 3.66. The van der Waals surface area contributed by atoms with Gasteiger partial charge in [-0.3, -0.25) is 0 Å². The fraction of sp³-hybridized carbons (Fsp3) is 0.0500. The number of ether oxygens (including phenoxy) is 2. The van der Waals surface area contributed by atoms with Gasteiger partial charge >= 0.3 is 5.97 Å². The molecule has 0 fully saturated rings. The summed E-state index contributed by atoms with van der Waals surface area (Å²) in [5.74, 6) is 1.02. The van der Waals surface area contributed by atoms with Gasteiger partial charge in [0.05, 0.1) is 11.1 Å². The first kappa shape index (κ1) is 13.7. The van der Waals surface area contributed by atoms with E-state index in [4.69, 9.17) is 9.47 Å². The number of thiol groups is 1. The number of para-hydroxylation sites is 1. The molecular weight excluding hydrogens is 320 g/mol. The van der Waals surface area contributed by atoms with E-state index in [1.54, 1.807) is 6.07 Å². The van der Waals surface area contributed by atoms with Crippen molar-refractivity contribution in [2.45, 2.75) is 10.5 Å². The lowest BCUT2D eigenvalue weighted by Crippen LogP contribution is -2.33. The van der Waals surface area contributed by atoms with Gasteiger partial charge in [0.15, 0.2) is 5.60 Å². The van der Waals surface area contributed by atoms with E-state index in [1.165, 1.54) is 0 Å². The van der Waals surface area contributed by atoms with Crippen LogP contribution in [0.2, 0.25) is 0 Å². The number of hydrogen-bond acceptors (Lipinski definition) is 4. The van der Waals surface area contributed by atoms with Crippen LogP contribution in [0, 0.1) is 0 Å². The van der Waals surface area contributed by atoms with Crippen molar-refractivity contribution in [1.82, 2.24) is 0 Å². The topological polar surface area (TPSA) is 35.5 Å². The van der Waals surface area contributed by atoms with Gasteiger partial charge in [0.1, 0.15) is 11.5 Å². The van der Waals surface area contributed by atoms with Crippen LogP contribution < -0.4 is 4.74 Å². The Morgan fingerprint density at radius 3 is 2.38 bits per heavy atom. The highest BCUT2D eigenvalue weighted by Gasteiger charge is 2.54. The Bertz CT molecular complexity index is 1010. The maximum absolute atomic E-state index is 12.6. The van der Waals surface area contributed by atoms with Gasteiger partial charge in [0.2, 0.25) is 0 Å². The molecule has 0 bridgehead atoms. The molecule has 116 valence electrons. The molecule has 5 rings (SSSR count). The van der Waals surface area contributed by atoms with Crippen LogP contribution in [0.5, 0.6) is 11.5 Å². The Morgan fingerprint density at radius 2 is 1.50 bits per heavy atom. The van der Waals surface area contributed by atoms with Crippen molar-refractivity contribution in [2.24, 2.45) is 0 Å². The molecule has 3 nitrogen and oxygen atoms in total. The van der Waals surface area contributed by atoms with Crippen LogP contribution in [0.15, 0.2) is 71.6 Å². The van der Waals surface area contributed by atoms with Crippen LogP contribution in [0.4, 0.5) is 0 Å². The second kappa shape index (κ2) is 4.65. The number of rotatable bonds is 0. The van der Waals surface area contributed by atoms with Crippen molar-refractivity contribution in [3.63, 3.8) is 0 Å². The zero-order chi connectivity index (χ0) is 16.3. The smallest absolute Gasteiger partial charge is 0.340 e. The Balaban J connectivity index is 1.96. The summed E-state index contributed by atoms with van der Waals surface area (Å²) in [6, 6.07) is 20.8. The van der Waals surface area contributed by atoms with Gasteiger partial charge in [-0.1, -0.05) is 42.5 Å². The molecule has 0 radical (unpaired) electrons. The molecule has 0 saturated carbocycles. The first-order valence-electron chi connectivity index (χ1n) is 7.64. The number of hydrogen-bond donors (Lipinski definition) is 1. The SMILES string of the molecule is O=C1OC2(c3ccccc3Oc3cccc(S)c32)c2ccccc21. The molecule has 0 aliphatic carbocycles. The maximum Gasteiger partial charge on any atom is 0.340 e. The third kappa shape index (κ3) is 1.56. The van der Waals surface area contributed by atoms with Crippen LogP contribution in [-0.4, -0.2) is 5.97 Å². The van der Waals surface area contributed by atoms with E-state index in [-0.39, 0.29) is 5.97 Å². The standard InChI is InChI=1S/C20H12O3S/c21-19-12-6-1-2-7-13(12)20(23-19)14-8-3-4-9-15(14)22-16-10-5-11-17(24)18(16)20/h1-11,24H. The van der Waals surface area contributed by atoms with Crippen molar-refractivity contribution < 1.29 is 14.3 Å². The van der Waals surface area contributed by atoms with Gasteiger partial charge in [-0.15, -0.1) is 12.6 Å². The third-order valence-corrected chi connectivity index (χ3v) is 4.99. The maximum atomic E-state index is 12.6. The molecule has 2 aliphatic rings. The second-order valence-electron chi connectivity index (χ2n) is 5.86. The van der Waals surface area contributed by atoms with E-state index in [2.05, 4.69) is 12.6 Å². The van der Waals surface area contributed by atoms with Crippen molar-refractivity contribution in [1.29, 1.82) is 0 Å². The van der Waals surface area contributed by atoms with E-state index < -0.39 is 5.60 Å². The molecule has 1 spiro atoms. The molecule has 1 unspecified atom stereocenters. The second-order valence-corrected chi connectivity index (χ2v) is 6.35. The molecule has 24 heavy (non-hydrogen) atoms. The predicted octanol–water partition coefficient (Wildman–Crippen LogP) is 4.54. The Morgan fingerprint density at radius 1 is 0.792 bits per heavy atom. The lowest BCUT2D eigenvalue weighted by molar-refractivity contribution is 0.0216. The minimum atomic E-state index is -1.02. The number of carbonyl (C=O) groups excluding carboxylic acids is 1. The molecular formula is C20H12O3S. The Kier molecular flexibility index (Phi) is 2.65. The zero-order valence-electron chi connectivity index (χ0n) is 12.5. The first-order valence-corrected chi connectivity index (χ1v) is 8.09. The van der Waals surface area contributed by atoms with E-state index in [0.29, 0.717) is 17.1 Å². The summed E-state index contributed by atoms with van der Waals surface area (Å²) in [5, 5.41) is 0. The fourth-order valence-corrected chi connectivity index (χ4v) is 4.01. The molecule has 0 amide bonds. The molecule has 0 aromatic heterocycles. The van der Waals surface area contributed by atoms with Crippen molar-refractivity contribution in [2.75, 3.05) is 0 Å². The van der Waals surface area contributed by atoms with Gasteiger partial charge in [0.25, 0.3) is 0 Å². The number of fused-ring (bicyclic) bond motifs is 6. The summed E-state index contributed by atoms with van der Waals surface area (Å²) in [7, 11) is 0. The van der Waals surface area contributed by atoms with Gasteiger partial charge in [0, 0.05) is 16.0 Å². The summed E-state index contributed by atoms with van der Waals surface area (Å²) in [5.41, 5.74) is 1.98. The lowest BCUT2D eigenvalue weighted by atomic mass is 9.78. The Hall–Kier alpha value is -2.72. The quantitative estimate of drug-likeness (QED) is 0.485. The van der Waals surface area contributed by atoms with Crippen LogP contribution in [0.3, 0.4) is 0 Å². The zero-order valence-corrected chi connectivity index (χ0v) is 13.4. The monoisotopic (exact) mass is 332 g/mol. The molecule has 0 N–H and O–H groups in total. The average molecular weight is 332 g/mol. The molecule has 1 atom stereocenters. The van der Waals surface area contributed by atoms with Crippen LogP contribution in [0.1, 0.15) is 27.0 Å². The normalized spacial score (nSPS) is 20.0. The summed E-state index contributed by atoms with van der Waals surface area (Å²) < 4.78 is 12.1. The molecule has 3 aromatic carbocycles. The van der Waals surface area contributed by atoms with E-state index in [9.17, 15) is 4.79 Å². The summed E-state index contributed by atoms with van der Waals surface area (Å²) in [6.07, 6.45) is 0. The third-order valence-electron chi connectivity index (χ3n) is 4.61. The summed E-state index contributed by atoms with van der Waals surface area (Å²) in [6.45, 7) is 0. The highest BCUT2D eigenvalue weighted by atomic mass is 32.1. The van der Waals surface area contributed by atoms with Crippen LogP contribution in [0.25, 0.3) is 0 Å². The van der Waals surface area contributed by atoms with E-state index in [1.807, 2.05) is 60.7 Å². The molecule has 2 aliphatic heterocycles. The largest absolute Gasteiger partial charge is 0.456 e. The first-order chi connectivity index (χ1) is 11.7. The minimum absolute atomic E-state index is 0.329. The van der Waals surface area contributed by atoms with Gasteiger partial charge in [-0.25, -0.2) is 4.79 Å². The van der Waals surface area contributed by atoms with Gasteiger partial charge < -0.3 is 9.47 Å². The van der Waals surface area contributed by atoms with E-state index >= 15 is 0 Å². The van der Waals surface area contributed by atoms with Gasteiger partial charge in [-0.2, -0.15) is 0 Å². The molecule has 0 saturated heterocycles. The number of benzene rings is 3. The van der Waals surface area contributed by atoms with Crippen LogP contribution >= 0.6 is 12.6 Å².